The molecule has 0 fully saturated rings. The third-order valence-corrected chi connectivity index (χ3v) is 6.43. The molecule has 2 amide bonds. The Balaban J connectivity index is 1.52. The van der Waals surface area contributed by atoms with E-state index in [1.807, 2.05) is 6.07 Å². The number of aromatic nitrogens is 1. The van der Waals surface area contributed by atoms with Gasteiger partial charge in [0, 0.05) is 18.8 Å². The zero-order valence-corrected chi connectivity index (χ0v) is 16.5. The maximum absolute atomic E-state index is 12.6. The molecule has 4 rings (SSSR count). The second kappa shape index (κ2) is 7.16. The standard InChI is InChI=1S/C18H18N4O3S2/c1-3-22(4-2)18-21-17-14(27-18)8-13(26-17)16(24)19-10-5-6-12-11(7-10)20-15(23)9-25-12/h5-8H,3-4,9H2,1-2H3,(H,19,24)(H,20,23). The van der Waals surface area contributed by atoms with Gasteiger partial charge in [-0.05, 0) is 38.1 Å². The first-order valence-corrected chi connectivity index (χ1v) is 10.2. The zero-order valence-electron chi connectivity index (χ0n) is 14.9. The predicted molar refractivity (Wildman–Crippen MR) is 110 cm³/mol. The zero-order chi connectivity index (χ0) is 19.0. The van der Waals surface area contributed by atoms with Crippen LogP contribution in [0.15, 0.2) is 24.3 Å². The molecule has 2 N–H and O–H groups in total. The SMILES string of the molecule is CCN(CC)c1nc2sc(C(=O)Nc3ccc4c(c3)NC(=O)CO4)cc2s1. The van der Waals surface area contributed by atoms with Crippen LogP contribution in [0.25, 0.3) is 9.53 Å². The number of carbonyl (C=O) groups excluding carboxylic acids is 2. The van der Waals surface area contributed by atoms with Crippen molar-refractivity contribution in [3.05, 3.63) is 29.1 Å². The number of hydrogen-bond donors (Lipinski definition) is 2. The summed E-state index contributed by atoms with van der Waals surface area (Å²) in [5.74, 6) is 0.189. The molecule has 0 saturated carbocycles. The Morgan fingerprint density at radius 2 is 2.11 bits per heavy atom. The number of anilines is 3. The molecule has 27 heavy (non-hydrogen) atoms. The number of thiophene rings is 1. The Kier molecular flexibility index (Phi) is 4.71. The third kappa shape index (κ3) is 3.47. The largest absolute Gasteiger partial charge is 0.482 e. The molecule has 0 aliphatic carbocycles. The molecule has 0 atom stereocenters. The van der Waals surface area contributed by atoms with Crippen molar-refractivity contribution in [2.75, 3.05) is 35.2 Å². The van der Waals surface area contributed by atoms with Crippen LogP contribution >= 0.6 is 22.7 Å². The highest BCUT2D eigenvalue weighted by molar-refractivity contribution is 7.29. The van der Waals surface area contributed by atoms with Gasteiger partial charge in [-0.1, -0.05) is 11.3 Å². The van der Waals surface area contributed by atoms with Gasteiger partial charge >= 0.3 is 0 Å². The molecule has 1 aromatic carbocycles. The van der Waals surface area contributed by atoms with Gasteiger partial charge in [0.05, 0.1) is 15.3 Å². The van der Waals surface area contributed by atoms with Crippen molar-refractivity contribution in [3.63, 3.8) is 0 Å². The Bertz CT molecular complexity index is 991. The summed E-state index contributed by atoms with van der Waals surface area (Å²) in [6.45, 7) is 6.02. The number of carbonyl (C=O) groups is 2. The van der Waals surface area contributed by atoms with Crippen molar-refractivity contribution in [2.45, 2.75) is 13.8 Å². The van der Waals surface area contributed by atoms with Crippen LogP contribution in [0.2, 0.25) is 0 Å². The summed E-state index contributed by atoms with van der Waals surface area (Å²) in [7, 11) is 0. The maximum atomic E-state index is 12.6. The minimum Gasteiger partial charge on any atom is -0.482 e. The Morgan fingerprint density at radius 1 is 1.30 bits per heavy atom. The predicted octanol–water partition coefficient (Wildman–Crippen LogP) is 3.79. The number of nitrogens with zero attached hydrogens (tertiary/aromatic N) is 2. The normalized spacial score (nSPS) is 13.0. The summed E-state index contributed by atoms with van der Waals surface area (Å²) in [6.07, 6.45) is 0. The number of nitrogens with one attached hydrogen (secondary N) is 2. The quantitative estimate of drug-likeness (QED) is 0.678. The van der Waals surface area contributed by atoms with Crippen LogP contribution in [0, 0.1) is 0 Å². The van der Waals surface area contributed by atoms with Crippen LogP contribution in [0.1, 0.15) is 23.5 Å². The lowest BCUT2D eigenvalue weighted by molar-refractivity contribution is -0.118. The fourth-order valence-electron chi connectivity index (χ4n) is 2.82. The lowest BCUT2D eigenvalue weighted by Crippen LogP contribution is -2.25. The van der Waals surface area contributed by atoms with Crippen molar-refractivity contribution in [2.24, 2.45) is 0 Å². The van der Waals surface area contributed by atoms with Gasteiger partial charge in [-0.3, -0.25) is 9.59 Å². The summed E-state index contributed by atoms with van der Waals surface area (Å²) in [5.41, 5.74) is 1.15. The number of fused-ring (bicyclic) bond motifs is 2. The summed E-state index contributed by atoms with van der Waals surface area (Å²) in [6, 6.07) is 7.05. The van der Waals surface area contributed by atoms with Gasteiger partial charge in [-0.25, -0.2) is 4.98 Å². The highest BCUT2D eigenvalue weighted by atomic mass is 32.1. The van der Waals surface area contributed by atoms with Crippen molar-refractivity contribution in [3.8, 4) is 5.75 Å². The summed E-state index contributed by atoms with van der Waals surface area (Å²) >= 11 is 2.98. The van der Waals surface area contributed by atoms with Crippen LogP contribution < -0.4 is 20.3 Å². The lowest BCUT2D eigenvalue weighted by atomic mass is 10.2. The molecule has 0 spiro atoms. The molecule has 0 saturated heterocycles. The van der Waals surface area contributed by atoms with E-state index in [1.54, 1.807) is 29.5 Å². The highest BCUT2D eigenvalue weighted by Crippen LogP contribution is 2.35. The Hall–Kier alpha value is -2.65. The molecule has 7 nitrogen and oxygen atoms in total. The molecule has 0 bridgehead atoms. The average molecular weight is 403 g/mol. The van der Waals surface area contributed by atoms with Crippen molar-refractivity contribution in [1.29, 1.82) is 0 Å². The van der Waals surface area contributed by atoms with Gasteiger partial charge in [0.15, 0.2) is 11.7 Å². The summed E-state index contributed by atoms with van der Waals surface area (Å²) in [4.78, 5) is 32.4. The van der Waals surface area contributed by atoms with E-state index in [0.717, 1.165) is 27.8 Å². The molecule has 9 heteroatoms. The monoisotopic (exact) mass is 402 g/mol. The van der Waals surface area contributed by atoms with Crippen LogP contribution in [-0.2, 0) is 4.79 Å². The van der Waals surface area contributed by atoms with Crippen LogP contribution in [0.3, 0.4) is 0 Å². The van der Waals surface area contributed by atoms with E-state index in [9.17, 15) is 9.59 Å². The van der Waals surface area contributed by atoms with E-state index < -0.39 is 0 Å². The molecule has 3 aromatic rings. The lowest BCUT2D eigenvalue weighted by Gasteiger charge is -2.18. The van der Waals surface area contributed by atoms with Crippen LogP contribution in [0.4, 0.5) is 16.5 Å². The molecule has 140 valence electrons. The fraction of sp³-hybridized carbons (Fsp3) is 0.278. The van der Waals surface area contributed by atoms with Crippen molar-refractivity contribution >= 4 is 60.5 Å². The number of thiazole rings is 1. The van der Waals surface area contributed by atoms with Crippen LogP contribution in [0.5, 0.6) is 5.75 Å². The molecule has 3 heterocycles. The number of amides is 2. The van der Waals surface area contributed by atoms with Gasteiger partial charge in [0.1, 0.15) is 10.6 Å². The molecule has 0 unspecified atom stereocenters. The average Bonchev–Trinajstić information content (AvgIpc) is 3.21. The molecule has 1 aliphatic heterocycles. The number of rotatable bonds is 5. The van der Waals surface area contributed by atoms with E-state index >= 15 is 0 Å². The van der Waals surface area contributed by atoms with E-state index in [2.05, 4.69) is 34.4 Å². The first-order chi connectivity index (χ1) is 13.1. The molecule has 2 aromatic heterocycles. The van der Waals surface area contributed by atoms with Crippen molar-refractivity contribution in [1.82, 2.24) is 4.98 Å². The van der Waals surface area contributed by atoms with Gasteiger partial charge in [-0.2, -0.15) is 0 Å². The molecular formula is C18H18N4O3S2. The van der Waals surface area contributed by atoms with Gasteiger partial charge in [0.25, 0.3) is 11.8 Å². The Labute approximate surface area is 164 Å². The Morgan fingerprint density at radius 3 is 2.85 bits per heavy atom. The molecule has 0 radical (unpaired) electrons. The third-order valence-electron chi connectivity index (χ3n) is 4.21. The summed E-state index contributed by atoms with van der Waals surface area (Å²) in [5, 5.41) is 6.58. The first kappa shape index (κ1) is 17.7. The van der Waals surface area contributed by atoms with Crippen LogP contribution in [-0.4, -0.2) is 36.5 Å². The van der Waals surface area contributed by atoms with E-state index in [-0.39, 0.29) is 18.4 Å². The second-order valence-electron chi connectivity index (χ2n) is 5.95. The van der Waals surface area contributed by atoms with Gasteiger partial charge in [0.2, 0.25) is 0 Å². The molecular weight excluding hydrogens is 384 g/mol. The number of ether oxygens (including phenoxy) is 1. The fourth-order valence-corrected chi connectivity index (χ4v) is 5.05. The maximum Gasteiger partial charge on any atom is 0.265 e. The van der Waals surface area contributed by atoms with E-state index in [4.69, 9.17) is 4.74 Å². The van der Waals surface area contributed by atoms with E-state index in [0.29, 0.717) is 22.0 Å². The first-order valence-electron chi connectivity index (χ1n) is 8.60. The van der Waals surface area contributed by atoms with Gasteiger partial charge in [-0.15, -0.1) is 11.3 Å². The highest BCUT2D eigenvalue weighted by Gasteiger charge is 2.19. The van der Waals surface area contributed by atoms with Gasteiger partial charge < -0.3 is 20.3 Å². The number of hydrogen-bond acceptors (Lipinski definition) is 7. The number of benzene rings is 1. The smallest absolute Gasteiger partial charge is 0.265 e. The summed E-state index contributed by atoms with van der Waals surface area (Å²) < 4.78 is 6.34. The second-order valence-corrected chi connectivity index (χ2v) is 7.99. The van der Waals surface area contributed by atoms with Crippen molar-refractivity contribution < 1.29 is 14.3 Å². The molecule has 1 aliphatic rings. The van der Waals surface area contributed by atoms with E-state index in [1.165, 1.54) is 11.3 Å². The topological polar surface area (TPSA) is 83.6 Å². The minimum atomic E-state index is -0.209. The minimum absolute atomic E-state index is 0.00706.